The van der Waals surface area contributed by atoms with Crippen LogP contribution >= 0.6 is 24.0 Å². The van der Waals surface area contributed by atoms with E-state index in [4.69, 9.17) is 17.3 Å². The van der Waals surface area contributed by atoms with Crippen LogP contribution in [0.5, 0.6) is 11.5 Å². The number of thioether (sulfide) groups is 1. The van der Waals surface area contributed by atoms with E-state index in [1.807, 2.05) is 0 Å². The number of carbonyl (C=O) groups is 2. The molecule has 0 unspecified atom stereocenters. The number of benzene rings is 1. The lowest BCUT2D eigenvalue weighted by atomic mass is 10.1. The maximum atomic E-state index is 12.0. The van der Waals surface area contributed by atoms with Gasteiger partial charge in [0.15, 0.2) is 11.5 Å². The highest BCUT2D eigenvalue weighted by molar-refractivity contribution is 8.26. The Morgan fingerprint density at radius 3 is 2.75 bits per heavy atom. The largest absolute Gasteiger partial charge is 0.504 e. The SMILES string of the molecule is O=C(O)CN1C(=O)/C(=C/c2cccc(O)c2O)SC1=S. The maximum absolute atomic E-state index is 12.0. The van der Waals surface area contributed by atoms with Crippen LogP contribution in [0, 0.1) is 0 Å². The van der Waals surface area contributed by atoms with Crippen LogP contribution in [-0.4, -0.2) is 43.0 Å². The Bertz CT molecular complexity index is 641. The Morgan fingerprint density at radius 2 is 2.10 bits per heavy atom. The van der Waals surface area contributed by atoms with E-state index in [9.17, 15) is 19.8 Å². The summed E-state index contributed by atoms with van der Waals surface area (Å²) in [6, 6.07) is 4.33. The van der Waals surface area contributed by atoms with Crippen LogP contribution in [-0.2, 0) is 9.59 Å². The van der Waals surface area contributed by atoms with Crippen LogP contribution in [0.15, 0.2) is 23.1 Å². The normalized spacial score (nSPS) is 17.0. The number of phenols is 2. The van der Waals surface area contributed by atoms with Crippen molar-refractivity contribution in [2.24, 2.45) is 0 Å². The molecule has 20 heavy (non-hydrogen) atoms. The Kier molecular flexibility index (Phi) is 3.96. The molecular formula is C12H9NO5S2. The molecule has 0 spiro atoms. The number of para-hydroxylation sites is 1. The highest BCUT2D eigenvalue weighted by Crippen LogP contribution is 2.36. The maximum Gasteiger partial charge on any atom is 0.323 e. The van der Waals surface area contributed by atoms with Crippen LogP contribution < -0.4 is 0 Å². The number of amides is 1. The first-order chi connectivity index (χ1) is 9.40. The van der Waals surface area contributed by atoms with Crippen molar-refractivity contribution in [2.45, 2.75) is 0 Å². The molecule has 0 saturated carbocycles. The van der Waals surface area contributed by atoms with E-state index in [1.165, 1.54) is 24.3 Å². The lowest BCUT2D eigenvalue weighted by Gasteiger charge is -2.10. The minimum absolute atomic E-state index is 0.142. The van der Waals surface area contributed by atoms with Crippen molar-refractivity contribution >= 4 is 46.3 Å². The Balaban J connectivity index is 2.32. The van der Waals surface area contributed by atoms with Gasteiger partial charge in [0.05, 0.1) is 4.91 Å². The summed E-state index contributed by atoms with van der Waals surface area (Å²) in [6.45, 7) is -0.506. The number of phenolic OH excluding ortho intramolecular Hbond substituents is 2. The van der Waals surface area contributed by atoms with Gasteiger partial charge in [0.1, 0.15) is 10.9 Å². The van der Waals surface area contributed by atoms with Crippen LogP contribution in [0.4, 0.5) is 0 Å². The lowest BCUT2D eigenvalue weighted by Crippen LogP contribution is -2.33. The topological polar surface area (TPSA) is 98.1 Å². The second-order valence-electron chi connectivity index (χ2n) is 3.88. The molecule has 1 aliphatic rings. The van der Waals surface area contributed by atoms with Crippen LogP contribution in [0.25, 0.3) is 6.08 Å². The molecule has 0 aliphatic carbocycles. The smallest absolute Gasteiger partial charge is 0.323 e. The van der Waals surface area contributed by atoms with E-state index in [0.29, 0.717) is 0 Å². The monoisotopic (exact) mass is 311 g/mol. The number of hydrogen-bond donors (Lipinski definition) is 3. The van der Waals surface area contributed by atoms with Crippen molar-refractivity contribution in [3.05, 3.63) is 28.7 Å². The van der Waals surface area contributed by atoms with Crippen molar-refractivity contribution < 1.29 is 24.9 Å². The molecule has 1 aliphatic heterocycles. The molecule has 1 fully saturated rings. The minimum atomic E-state index is -1.16. The first-order valence-corrected chi connectivity index (χ1v) is 6.60. The van der Waals surface area contributed by atoms with Crippen molar-refractivity contribution in [2.75, 3.05) is 6.54 Å². The summed E-state index contributed by atoms with van der Waals surface area (Å²) in [5, 5.41) is 27.8. The van der Waals surface area contributed by atoms with Gasteiger partial charge in [-0.3, -0.25) is 14.5 Å². The van der Waals surface area contributed by atoms with Gasteiger partial charge in [0.2, 0.25) is 0 Å². The molecule has 0 bridgehead atoms. The summed E-state index contributed by atoms with van der Waals surface area (Å²) in [6.07, 6.45) is 1.36. The predicted molar refractivity (Wildman–Crippen MR) is 77.3 cm³/mol. The van der Waals surface area contributed by atoms with Gasteiger partial charge in [-0.15, -0.1) is 0 Å². The molecule has 1 saturated heterocycles. The molecule has 1 aromatic rings. The first kappa shape index (κ1) is 14.4. The van der Waals surface area contributed by atoms with Gasteiger partial charge in [0, 0.05) is 5.56 Å². The number of nitrogens with zero attached hydrogens (tertiary/aromatic N) is 1. The fourth-order valence-corrected chi connectivity index (χ4v) is 2.82. The predicted octanol–water partition coefficient (Wildman–Crippen LogP) is 1.38. The molecule has 1 aromatic carbocycles. The Hall–Kier alpha value is -2.06. The molecular weight excluding hydrogens is 302 g/mol. The van der Waals surface area contributed by atoms with Gasteiger partial charge in [-0.25, -0.2) is 0 Å². The van der Waals surface area contributed by atoms with Gasteiger partial charge in [-0.1, -0.05) is 36.1 Å². The lowest BCUT2D eigenvalue weighted by molar-refractivity contribution is -0.140. The third-order valence-electron chi connectivity index (χ3n) is 2.50. The van der Waals surface area contributed by atoms with Crippen molar-refractivity contribution in [3.8, 4) is 11.5 Å². The zero-order valence-electron chi connectivity index (χ0n) is 9.94. The zero-order valence-corrected chi connectivity index (χ0v) is 11.6. The average Bonchev–Trinajstić information content (AvgIpc) is 2.62. The van der Waals surface area contributed by atoms with E-state index in [0.717, 1.165) is 16.7 Å². The second-order valence-corrected chi connectivity index (χ2v) is 5.55. The molecule has 0 atom stereocenters. The molecule has 0 aromatic heterocycles. The Morgan fingerprint density at radius 1 is 1.40 bits per heavy atom. The van der Waals surface area contributed by atoms with E-state index in [-0.39, 0.29) is 26.3 Å². The number of hydrogen-bond acceptors (Lipinski definition) is 6. The number of rotatable bonds is 3. The molecule has 6 nitrogen and oxygen atoms in total. The molecule has 3 N–H and O–H groups in total. The second kappa shape index (κ2) is 5.51. The van der Waals surface area contributed by atoms with Crippen LogP contribution in [0.2, 0.25) is 0 Å². The Labute approximate surface area is 123 Å². The van der Waals surface area contributed by atoms with Crippen molar-refractivity contribution in [3.63, 3.8) is 0 Å². The van der Waals surface area contributed by atoms with Crippen molar-refractivity contribution in [1.29, 1.82) is 0 Å². The summed E-state index contributed by atoms with van der Waals surface area (Å²) < 4.78 is 0.142. The zero-order chi connectivity index (χ0) is 14.9. The summed E-state index contributed by atoms with van der Waals surface area (Å²) >= 11 is 5.89. The van der Waals surface area contributed by atoms with E-state index >= 15 is 0 Å². The van der Waals surface area contributed by atoms with E-state index in [2.05, 4.69) is 0 Å². The molecule has 8 heteroatoms. The van der Waals surface area contributed by atoms with Gasteiger partial charge < -0.3 is 15.3 Å². The van der Waals surface area contributed by atoms with E-state index < -0.39 is 18.4 Å². The van der Waals surface area contributed by atoms with Gasteiger partial charge in [0.25, 0.3) is 5.91 Å². The molecule has 2 rings (SSSR count). The highest BCUT2D eigenvalue weighted by atomic mass is 32.2. The van der Waals surface area contributed by atoms with Crippen molar-refractivity contribution in [1.82, 2.24) is 4.90 Å². The summed E-state index contributed by atoms with van der Waals surface area (Å²) in [5.74, 6) is -2.36. The third kappa shape index (κ3) is 2.75. The molecule has 1 amide bonds. The molecule has 1 heterocycles. The number of carboxylic acid groups (broad SMARTS) is 1. The average molecular weight is 311 g/mol. The number of aliphatic carboxylic acids is 1. The van der Waals surface area contributed by atoms with Gasteiger partial charge in [-0.2, -0.15) is 0 Å². The number of carboxylic acids is 1. The van der Waals surface area contributed by atoms with Crippen LogP contribution in [0.1, 0.15) is 5.56 Å². The highest BCUT2D eigenvalue weighted by Gasteiger charge is 2.33. The third-order valence-corrected chi connectivity index (χ3v) is 3.88. The quantitative estimate of drug-likeness (QED) is 0.441. The van der Waals surface area contributed by atoms with E-state index in [1.54, 1.807) is 0 Å². The standard InChI is InChI=1S/C12H9NO5S2/c14-7-3-1-2-6(10(7)17)4-8-11(18)13(5-9(15)16)12(19)20-8/h1-4,14,17H,5H2,(H,15,16)/b8-4-. The van der Waals surface area contributed by atoms with Gasteiger partial charge in [-0.05, 0) is 12.1 Å². The minimum Gasteiger partial charge on any atom is -0.504 e. The first-order valence-electron chi connectivity index (χ1n) is 5.38. The molecule has 0 radical (unpaired) electrons. The van der Waals surface area contributed by atoms with Gasteiger partial charge >= 0.3 is 5.97 Å². The summed E-state index contributed by atoms with van der Waals surface area (Å²) in [5.41, 5.74) is 0.251. The summed E-state index contributed by atoms with van der Waals surface area (Å²) in [7, 11) is 0. The number of carbonyl (C=O) groups excluding carboxylic acids is 1. The fraction of sp³-hybridized carbons (Fsp3) is 0.0833. The fourth-order valence-electron chi connectivity index (χ4n) is 1.58. The number of thiocarbonyl (C=S) groups is 1. The van der Waals surface area contributed by atoms with Crippen LogP contribution in [0.3, 0.4) is 0 Å². The molecule has 104 valence electrons. The summed E-state index contributed by atoms with van der Waals surface area (Å²) in [4.78, 5) is 23.8. The number of aromatic hydroxyl groups is 2.